The lowest BCUT2D eigenvalue weighted by atomic mass is 9.97. The highest BCUT2D eigenvalue weighted by Crippen LogP contribution is 2.21. The van der Waals surface area contributed by atoms with Gasteiger partial charge < -0.3 is 5.32 Å². The molecule has 1 aromatic rings. The lowest BCUT2D eigenvalue weighted by molar-refractivity contribution is 0.393. The van der Waals surface area contributed by atoms with E-state index in [-0.39, 0.29) is 0 Å². The van der Waals surface area contributed by atoms with Crippen LogP contribution in [-0.2, 0) is 13.5 Å². The summed E-state index contributed by atoms with van der Waals surface area (Å²) >= 11 is 6.21. The Hall–Kier alpha value is -0.540. The largest absolute Gasteiger partial charge is 0.317 e. The summed E-state index contributed by atoms with van der Waals surface area (Å²) in [5, 5.41) is 8.49. The number of aryl methyl sites for hydroxylation is 2. The first kappa shape index (κ1) is 14.5. The number of hydrogen-bond acceptors (Lipinski definition) is 2. The molecule has 0 spiro atoms. The molecule has 1 atom stereocenters. The smallest absolute Gasteiger partial charge is 0.130 e. The summed E-state index contributed by atoms with van der Waals surface area (Å²) in [6.07, 6.45) is 3.35. The highest BCUT2D eigenvalue weighted by atomic mass is 35.5. The van der Waals surface area contributed by atoms with Crippen LogP contribution < -0.4 is 5.32 Å². The van der Waals surface area contributed by atoms with Crippen molar-refractivity contribution in [3.05, 3.63) is 16.4 Å². The van der Waals surface area contributed by atoms with Crippen molar-refractivity contribution in [3.8, 4) is 0 Å². The van der Waals surface area contributed by atoms with Gasteiger partial charge in [-0.3, -0.25) is 4.68 Å². The van der Waals surface area contributed by atoms with Crippen molar-refractivity contribution in [2.24, 2.45) is 13.0 Å². The molecule has 0 saturated carbocycles. The fourth-order valence-corrected chi connectivity index (χ4v) is 2.54. The Morgan fingerprint density at radius 3 is 2.47 bits per heavy atom. The van der Waals surface area contributed by atoms with Crippen LogP contribution >= 0.6 is 11.6 Å². The predicted molar refractivity (Wildman–Crippen MR) is 73.6 cm³/mol. The molecule has 98 valence electrons. The summed E-state index contributed by atoms with van der Waals surface area (Å²) in [6, 6.07) is 0.589. The second kappa shape index (κ2) is 6.41. The normalized spacial score (nSPS) is 13.4. The van der Waals surface area contributed by atoms with Crippen molar-refractivity contribution in [3.63, 3.8) is 0 Å². The molecule has 1 N–H and O–H groups in total. The maximum atomic E-state index is 6.21. The van der Waals surface area contributed by atoms with Gasteiger partial charge in [-0.15, -0.1) is 0 Å². The second-order valence-electron chi connectivity index (χ2n) is 5.01. The Kier molecular flexibility index (Phi) is 5.47. The maximum absolute atomic E-state index is 6.21. The van der Waals surface area contributed by atoms with Crippen molar-refractivity contribution < 1.29 is 0 Å². The van der Waals surface area contributed by atoms with Gasteiger partial charge in [0.15, 0.2) is 0 Å². The zero-order valence-electron chi connectivity index (χ0n) is 11.5. The molecule has 0 aromatic carbocycles. The van der Waals surface area contributed by atoms with Crippen molar-refractivity contribution in [2.75, 3.05) is 7.05 Å². The van der Waals surface area contributed by atoms with E-state index < -0.39 is 0 Å². The summed E-state index contributed by atoms with van der Waals surface area (Å²) in [7, 11) is 3.93. The van der Waals surface area contributed by atoms with Gasteiger partial charge in [0, 0.05) is 18.7 Å². The van der Waals surface area contributed by atoms with Crippen LogP contribution in [0.4, 0.5) is 0 Å². The van der Waals surface area contributed by atoms with Gasteiger partial charge >= 0.3 is 0 Å². The molecule has 4 heteroatoms. The van der Waals surface area contributed by atoms with E-state index in [0.29, 0.717) is 12.0 Å². The quantitative estimate of drug-likeness (QED) is 0.849. The van der Waals surface area contributed by atoms with Crippen molar-refractivity contribution in [2.45, 2.75) is 46.1 Å². The molecule has 0 saturated heterocycles. The van der Waals surface area contributed by atoms with E-state index in [1.54, 1.807) is 4.68 Å². The summed E-state index contributed by atoms with van der Waals surface area (Å²) < 4.78 is 1.75. The number of aromatic nitrogens is 2. The van der Waals surface area contributed by atoms with E-state index in [0.717, 1.165) is 23.7 Å². The van der Waals surface area contributed by atoms with Gasteiger partial charge in [-0.2, -0.15) is 5.10 Å². The molecule has 1 aromatic heterocycles. The van der Waals surface area contributed by atoms with Crippen LogP contribution in [0.2, 0.25) is 5.15 Å². The highest BCUT2D eigenvalue weighted by Gasteiger charge is 2.13. The van der Waals surface area contributed by atoms with E-state index in [9.17, 15) is 0 Å². The van der Waals surface area contributed by atoms with Gasteiger partial charge in [0.25, 0.3) is 0 Å². The summed E-state index contributed by atoms with van der Waals surface area (Å²) in [5.74, 6) is 0.672. The molecule has 0 aliphatic carbocycles. The molecular formula is C13H24ClN3. The van der Waals surface area contributed by atoms with Gasteiger partial charge in [0.05, 0.1) is 5.69 Å². The van der Waals surface area contributed by atoms with Crippen molar-refractivity contribution >= 4 is 11.6 Å². The number of rotatable bonds is 6. The molecule has 1 unspecified atom stereocenters. The fraction of sp³-hybridized carbons (Fsp3) is 0.769. The van der Waals surface area contributed by atoms with Crippen LogP contribution in [0.25, 0.3) is 0 Å². The average Bonchev–Trinajstić information content (AvgIpc) is 2.49. The molecule has 3 nitrogen and oxygen atoms in total. The minimum absolute atomic E-state index is 0.589. The molecule has 0 bridgehead atoms. The van der Waals surface area contributed by atoms with Crippen LogP contribution in [0, 0.1) is 12.8 Å². The minimum atomic E-state index is 0.589. The third-order valence-corrected chi connectivity index (χ3v) is 3.86. The van der Waals surface area contributed by atoms with Crippen molar-refractivity contribution in [1.82, 2.24) is 15.1 Å². The number of nitrogens with one attached hydrogen (secondary N) is 1. The Balaban J connectivity index is 2.51. The summed E-state index contributed by atoms with van der Waals surface area (Å²) in [4.78, 5) is 0. The van der Waals surface area contributed by atoms with Crippen LogP contribution in [0.1, 0.15) is 37.9 Å². The average molecular weight is 258 g/mol. The van der Waals surface area contributed by atoms with E-state index in [1.807, 2.05) is 21.0 Å². The van der Waals surface area contributed by atoms with Crippen LogP contribution in [0.15, 0.2) is 0 Å². The first-order valence-electron chi connectivity index (χ1n) is 6.32. The lowest BCUT2D eigenvalue weighted by Gasteiger charge is -2.19. The molecule has 0 aliphatic rings. The van der Waals surface area contributed by atoms with Gasteiger partial charge in [-0.05, 0) is 39.2 Å². The number of nitrogens with zero attached hydrogens (tertiary/aromatic N) is 2. The SMILES string of the molecule is CNC(CCCc1c(C)nn(C)c1Cl)C(C)C. The van der Waals surface area contributed by atoms with Crippen LogP contribution in [-0.4, -0.2) is 22.9 Å². The molecule has 0 fully saturated rings. The Morgan fingerprint density at radius 1 is 1.41 bits per heavy atom. The highest BCUT2D eigenvalue weighted by molar-refractivity contribution is 6.30. The van der Waals surface area contributed by atoms with E-state index in [4.69, 9.17) is 11.6 Å². The fourth-order valence-electron chi connectivity index (χ4n) is 2.27. The Morgan fingerprint density at radius 2 is 2.06 bits per heavy atom. The van der Waals surface area contributed by atoms with E-state index >= 15 is 0 Å². The first-order chi connectivity index (χ1) is 7.97. The lowest BCUT2D eigenvalue weighted by Crippen LogP contribution is -2.30. The molecule has 17 heavy (non-hydrogen) atoms. The predicted octanol–water partition coefficient (Wildman–Crippen LogP) is 2.95. The number of halogens is 1. The molecular weight excluding hydrogens is 234 g/mol. The third kappa shape index (κ3) is 3.71. The standard InChI is InChI=1S/C13H24ClN3/c1-9(2)12(15-4)8-6-7-11-10(3)16-17(5)13(11)14/h9,12,15H,6-8H2,1-5H3. The van der Waals surface area contributed by atoms with Gasteiger partial charge in [-0.25, -0.2) is 0 Å². The van der Waals surface area contributed by atoms with Crippen molar-refractivity contribution in [1.29, 1.82) is 0 Å². The Labute approximate surface area is 110 Å². The number of hydrogen-bond donors (Lipinski definition) is 1. The first-order valence-corrected chi connectivity index (χ1v) is 6.70. The topological polar surface area (TPSA) is 29.9 Å². The summed E-state index contributed by atoms with van der Waals surface area (Å²) in [5.41, 5.74) is 2.26. The second-order valence-corrected chi connectivity index (χ2v) is 5.37. The van der Waals surface area contributed by atoms with Crippen LogP contribution in [0.5, 0.6) is 0 Å². The van der Waals surface area contributed by atoms with Gasteiger partial charge in [-0.1, -0.05) is 25.4 Å². The van der Waals surface area contributed by atoms with Gasteiger partial charge in [0.1, 0.15) is 5.15 Å². The molecule has 0 radical (unpaired) electrons. The molecule has 1 rings (SSSR count). The van der Waals surface area contributed by atoms with E-state index in [1.165, 1.54) is 12.0 Å². The minimum Gasteiger partial charge on any atom is -0.317 e. The van der Waals surface area contributed by atoms with E-state index in [2.05, 4.69) is 24.3 Å². The zero-order valence-corrected chi connectivity index (χ0v) is 12.3. The molecule has 0 aliphatic heterocycles. The Bertz CT molecular complexity index is 358. The van der Waals surface area contributed by atoms with Gasteiger partial charge in [0.2, 0.25) is 0 Å². The zero-order chi connectivity index (χ0) is 13.0. The van der Waals surface area contributed by atoms with Crippen LogP contribution in [0.3, 0.4) is 0 Å². The molecule has 1 heterocycles. The molecule has 0 amide bonds. The maximum Gasteiger partial charge on any atom is 0.130 e. The summed E-state index contributed by atoms with van der Waals surface area (Å²) in [6.45, 7) is 6.53. The third-order valence-electron chi connectivity index (χ3n) is 3.39. The monoisotopic (exact) mass is 257 g/mol.